The van der Waals surface area contributed by atoms with Gasteiger partial charge in [0.1, 0.15) is 0 Å². The van der Waals surface area contributed by atoms with Crippen molar-refractivity contribution in [1.82, 2.24) is 4.98 Å². The molecule has 1 amide bonds. The van der Waals surface area contributed by atoms with Crippen LogP contribution in [0.2, 0.25) is 0 Å². The van der Waals surface area contributed by atoms with Crippen molar-refractivity contribution in [2.45, 2.75) is 19.3 Å². The Kier molecular flexibility index (Phi) is 6.35. The van der Waals surface area contributed by atoms with Crippen LogP contribution in [-0.4, -0.2) is 17.6 Å². The second kappa shape index (κ2) is 8.91. The van der Waals surface area contributed by atoms with Crippen LogP contribution in [0.5, 0.6) is 0 Å². The molecule has 3 aromatic rings. The Morgan fingerprint density at radius 2 is 1.89 bits per heavy atom. The zero-order chi connectivity index (χ0) is 19.2. The summed E-state index contributed by atoms with van der Waals surface area (Å²) in [5.41, 5.74) is 4.56. The van der Waals surface area contributed by atoms with E-state index in [1.54, 1.807) is 6.20 Å². The SMILES string of the molecule is Cc1cc(-c2ccc(NC(=O)[C@H](CCF)c3cccc(Br)c3)cc2)ccn1. The van der Waals surface area contributed by atoms with Gasteiger partial charge in [0, 0.05) is 22.1 Å². The Bertz CT molecular complexity index is 928. The summed E-state index contributed by atoms with van der Waals surface area (Å²) in [6.07, 6.45) is 1.93. The van der Waals surface area contributed by atoms with Crippen LogP contribution in [0, 0.1) is 6.92 Å². The molecule has 0 saturated heterocycles. The van der Waals surface area contributed by atoms with Crippen LogP contribution < -0.4 is 5.32 Å². The highest BCUT2D eigenvalue weighted by Crippen LogP contribution is 2.26. The summed E-state index contributed by atoms with van der Waals surface area (Å²) in [5, 5.41) is 2.90. The molecule has 3 nitrogen and oxygen atoms in total. The number of halogens is 2. The van der Waals surface area contributed by atoms with Crippen molar-refractivity contribution < 1.29 is 9.18 Å². The maximum Gasteiger partial charge on any atom is 0.232 e. The summed E-state index contributed by atoms with van der Waals surface area (Å²) in [6.45, 7) is 1.40. The fraction of sp³-hybridized carbons (Fsp3) is 0.182. The van der Waals surface area contributed by atoms with Crippen LogP contribution in [0.25, 0.3) is 11.1 Å². The molecule has 0 aliphatic carbocycles. The highest BCUT2D eigenvalue weighted by Gasteiger charge is 2.21. The lowest BCUT2D eigenvalue weighted by Crippen LogP contribution is -2.21. The van der Waals surface area contributed by atoms with E-state index >= 15 is 0 Å². The average molecular weight is 427 g/mol. The van der Waals surface area contributed by atoms with E-state index in [0.717, 1.165) is 26.9 Å². The minimum absolute atomic E-state index is 0.149. The van der Waals surface area contributed by atoms with E-state index in [9.17, 15) is 9.18 Å². The molecule has 0 radical (unpaired) electrons. The minimum Gasteiger partial charge on any atom is -0.326 e. The summed E-state index contributed by atoms with van der Waals surface area (Å²) >= 11 is 3.40. The molecule has 0 aliphatic heterocycles. The molecule has 5 heteroatoms. The van der Waals surface area contributed by atoms with Crippen LogP contribution in [0.4, 0.5) is 10.1 Å². The van der Waals surface area contributed by atoms with Crippen LogP contribution in [0.3, 0.4) is 0 Å². The topological polar surface area (TPSA) is 42.0 Å². The minimum atomic E-state index is -0.551. The number of amides is 1. The Hall–Kier alpha value is -2.53. The standard InChI is InChI=1S/C22H20BrFN2O/c1-15-13-17(10-12-25-15)16-5-7-20(8-6-16)26-22(27)21(9-11-24)18-3-2-4-19(23)14-18/h2-8,10,12-14,21H,9,11H2,1H3,(H,26,27)/t21-/m1/s1. The van der Waals surface area contributed by atoms with E-state index in [-0.39, 0.29) is 12.3 Å². The lowest BCUT2D eigenvalue weighted by Gasteiger charge is -2.16. The number of carbonyl (C=O) groups excluding carboxylic acids is 1. The Balaban J connectivity index is 1.76. The third kappa shape index (κ3) is 5.01. The number of pyridine rings is 1. The normalized spacial score (nSPS) is 11.8. The number of nitrogens with zero attached hydrogens (tertiary/aromatic N) is 1. The predicted octanol–water partition coefficient (Wildman–Crippen LogP) is 5.90. The van der Waals surface area contributed by atoms with E-state index in [2.05, 4.69) is 26.2 Å². The van der Waals surface area contributed by atoms with Gasteiger partial charge in [-0.25, -0.2) is 0 Å². The van der Waals surface area contributed by atoms with Crippen molar-refractivity contribution in [3.63, 3.8) is 0 Å². The van der Waals surface area contributed by atoms with Crippen LogP contribution in [0.15, 0.2) is 71.3 Å². The Morgan fingerprint density at radius 3 is 2.56 bits per heavy atom. The van der Waals surface area contributed by atoms with Gasteiger partial charge in [-0.1, -0.05) is 40.2 Å². The van der Waals surface area contributed by atoms with Gasteiger partial charge in [-0.05, 0) is 66.4 Å². The number of aromatic nitrogens is 1. The lowest BCUT2D eigenvalue weighted by atomic mass is 9.95. The lowest BCUT2D eigenvalue weighted by molar-refractivity contribution is -0.117. The first kappa shape index (κ1) is 19.2. The van der Waals surface area contributed by atoms with Gasteiger partial charge in [0.2, 0.25) is 5.91 Å². The van der Waals surface area contributed by atoms with Crippen molar-refractivity contribution in [2.24, 2.45) is 0 Å². The van der Waals surface area contributed by atoms with Crippen molar-refractivity contribution in [1.29, 1.82) is 0 Å². The van der Waals surface area contributed by atoms with E-state index in [1.807, 2.05) is 67.6 Å². The molecule has 0 spiro atoms. The molecular formula is C22H20BrFN2O. The second-order valence-electron chi connectivity index (χ2n) is 6.34. The van der Waals surface area contributed by atoms with E-state index in [1.165, 1.54) is 0 Å². The van der Waals surface area contributed by atoms with Gasteiger partial charge in [-0.2, -0.15) is 0 Å². The maximum atomic E-state index is 13.0. The number of benzene rings is 2. The number of carbonyl (C=O) groups is 1. The molecule has 138 valence electrons. The number of hydrogen-bond donors (Lipinski definition) is 1. The molecule has 1 aromatic heterocycles. The van der Waals surface area contributed by atoms with Crippen molar-refractivity contribution in [3.05, 3.63) is 82.6 Å². The van der Waals surface area contributed by atoms with Gasteiger partial charge in [0.15, 0.2) is 0 Å². The fourth-order valence-corrected chi connectivity index (χ4v) is 3.40. The van der Waals surface area contributed by atoms with Gasteiger partial charge < -0.3 is 5.32 Å². The number of rotatable bonds is 6. The van der Waals surface area contributed by atoms with E-state index < -0.39 is 12.6 Å². The zero-order valence-corrected chi connectivity index (χ0v) is 16.5. The van der Waals surface area contributed by atoms with Gasteiger partial charge >= 0.3 is 0 Å². The molecule has 1 heterocycles. The first-order valence-corrected chi connectivity index (χ1v) is 9.51. The quantitative estimate of drug-likeness (QED) is 0.532. The molecule has 27 heavy (non-hydrogen) atoms. The molecule has 0 bridgehead atoms. The predicted molar refractivity (Wildman–Crippen MR) is 111 cm³/mol. The number of hydrogen-bond acceptors (Lipinski definition) is 2. The summed E-state index contributed by atoms with van der Waals surface area (Å²) in [6, 6.07) is 19.0. The largest absolute Gasteiger partial charge is 0.326 e. The maximum absolute atomic E-state index is 13.0. The molecule has 0 saturated carbocycles. The monoisotopic (exact) mass is 426 g/mol. The first-order chi connectivity index (χ1) is 13.1. The van der Waals surface area contributed by atoms with Gasteiger partial charge in [0.25, 0.3) is 0 Å². The van der Waals surface area contributed by atoms with Gasteiger partial charge in [-0.15, -0.1) is 0 Å². The first-order valence-electron chi connectivity index (χ1n) is 8.72. The second-order valence-corrected chi connectivity index (χ2v) is 7.25. The molecule has 3 rings (SSSR count). The van der Waals surface area contributed by atoms with Crippen molar-refractivity contribution in [3.8, 4) is 11.1 Å². The molecule has 2 aromatic carbocycles. The van der Waals surface area contributed by atoms with Crippen molar-refractivity contribution >= 4 is 27.5 Å². The smallest absolute Gasteiger partial charge is 0.232 e. The van der Waals surface area contributed by atoms with Crippen LogP contribution in [-0.2, 0) is 4.79 Å². The third-order valence-electron chi connectivity index (χ3n) is 4.35. The summed E-state index contributed by atoms with van der Waals surface area (Å²) in [5.74, 6) is -0.742. The highest BCUT2D eigenvalue weighted by atomic mass is 79.9. The van der Waals surface area contributed by atoms with Crippen molar-refractivity contribution in [2.75, 3.05) is 12.0 Å². The third-order valence-corrected chi connectivity index (χ3v) is 4.84. The number of anilines is 1. The summed E-state index contributed by atoms with van der Waals surface area (Å²) < 4.78 is 13.9. The number of alkyl halides is 1. The van der Waals surface area contributed by atoms with Gasteiger partial charge in [0.05, 0.1) is 12.6 Å². The molecule has 0 unspecified atom stereocenters. The highest BCUT2D eigenvalue weighted by molar-refractivity contribution is 9.10. The number of nitrogens with one attached hydrogen (secondary N) is 1. The number of aryl methyl sites for hydroxylation is 1. The average Bonchev–Trinajstić information content (AvgIpc) is 2.66. The van der Waals surface area contributed by atoms with Crippen LogP contribution in [0.1, 0.15) is 23.6 Å². The Labute approximate surface area is 166 Å². The molecule has 1 atom stereocenters. The molecule has 0 fully saturated rings. The molecule has 1 N–H and O–H groups in total. The van der Waals surface area contributed by atoms with Gasteiger partial charge in [-0.3, -0.25) is 14.2 Å². The zero-order valence-electron chi connectivity index (χ0n) is 15.0. The van der Waals surface area contributed by atoms with E-state index in [4.69, 9.17) is 0 Å². The molecular weight excluding hydrogens is 407 g/mol. The summed E-state index contributed by atoms with van der Waals surface area (Å²) in [4.78, 5) is 16.9. The Morgan fingerprint density at radius 1 is 1.11 bits per heavy atom. The summed E-state index contributed by atoms with van der Waals surface area (Å²) in [7, 11) is 0. The van der Waals surface area contributed by atoms with Crippen LogP contribution >= 0.6 is 15.9 Å². The molecule has 0 aliphatic rings. The van der Waals surface area contributed by atoms with E-state index in [0.29, 0.717) is 5.69 Å². The fourth-order valence-electron chi connectivity index (χ4n) is 2.98.